The second-order valence-electron chi connectivity index (χ2n) is 9.52. The zero-order valence-corrected chi connectivity index (χ0v) is 21.9. The molecule has 2 heterocycles. The van der Waals surface area contributed by atoms with Gasteiger partial charge >= 0.3 is 0 Å². The summed E-state index contributed by atoms with van der Waals surface area (Å²) in [5.74, 6) is 0.0952. The minimum Gasteiger partial charge on any atom is -0.379 e. The molecule has 0 atom stereocenters. The number of morpholine rings is 1. The van der Waals surface area contributed by atoms with E-state index in [1.54, 1.807) is 11.3 Å². The van der Waals surface area contributed by atoms with Crippen LogP contribution in [0.5, 0.6) is 0 Å². The lowest BCUT2D eigenvalue weighted by Gasteiger charge is -2.27. The largest absolute Gasteiger partial charge is 0.379 e. The molecule has 0 spiro atoms. The molecule has 1 fully saturated rings. The van der Waals surface area contributed by atoms with Crippen molar-refractivity contribution in [3.63, 3.8) is 0 Å². The van der Waals surface area contributed by atoms with E-state index in [2.05, 4.69) is 67.3 Å². The lowest BCUT2D eigenvalue weighted by Crippen LogP contribution is -2.39. The van der Waals surface area contributed by atoms with Crippen LogP contribution in [0.25, 0.3) is 21.3 Å². The molecule has 1 saturated heterocycles. The first-order valence-corrected chi connectivity index (χ1v) is 13.5. The van der Waals surface area contributed by atoms with Gasteiger partial charge in [0.25, 0.3) is 0 Å². The van der Waals surface area contributed by atoms with E-state index in [1.165, 1.54) is 16.7 Å². The van der Waals surface area contributed by atoms with Crippen LogP contribution in [0.1, 0.15) is 23.1 Å². The van der Waals surface area contributed by atoms with Crippen LogP contribution in [-0.4, -0.2) is 55.2 Å². The highest BCUT2D eigenvalue weighted by molar-refractivity contribution is 7.22. The summed E-state index contributed by atoms with van der Waals surface area (Å²) < 4.78 is 6.64. The molecule has 6 heteroatoms. The van der Waals surface area contributed by atoms with Gasteiger partial charge in [0.2, 0.25) is 5.91 Å². The number of fused-ring (bicyclic) bond motifs is 1. The van der Waals surface area contributed by atoms with Gasteiger partial charge < -0.3 is 4.74 Å². The Bertz CT molecular complexity index is 1310. The Morgan fingerprint density at radius 3 is 2.47 bits per heavy atom. The minimum absolute atomic E-state index is 0.0952. The number of carbonyl (C=O) groups is 1. The van der Waals surface area contributed by atoms with E-state index >= 15 is 0 Å². The summed E-state index contributed by atoms with van der Waals surface area (Å²) in [7, 11) is 0. The minimum atomic E-state index is 0.0952. The van der Waals surface area contributed by atoms with Crippen molar-refractivity contribution in [3.05, 3.63) is 83.4 Å². The summed E-state index contributed by atoms with van der Waals surface area (Å²) in [6, 6.07) is 23.0. The molecule has 0 radical (unpaired) electrons. The maximum Gasteiger partial charge on any atom is 0.233 e. The first-order chi connectivity index (χ1) is 17.6. The van der Waals surface area contributed by atoms with Crippen LogP contribution in [0.15, 0.2) is 66.7 Å². The maximum atomic E-state index is 13.6. The number of benzene rings is 3. The van der Waals surface area contributed by atoms with Crippen LogP contribution >= 0.6 is 11.3 Å². The molecule has 3 aromatic carbocycles. The Morgan fingerprint density at radius 1 is 1.00 bits per heavy atom. The molecule has 1 aliphatic rings. The number of carbonyl (C=O) groups excluding carboxylic acids is 1. The Balaban J connectivity index is 1.34. The third-order valence-electron chi connectivity index (χ3n) is 6.72. The number of hydrogen-bond acceptors (Lipinski definition) is 5. The molecule has 0 saturated carbocycles. The molecule has 186 valence electrons. The van der Waals surface area contributed by atoms with Crippen molar-refractivity contribution < 1.29 is 9.53 Å². The number of nitrogens with zero attached hydrogens (tertiary/aromatic N) is 3. The van der Waals surface area contributed by atoms with E-state index < -0.39 is 0 Å². The molecular formula is C30H33N3O2S. The van der Waals surface area contributed by atoms with Crippen LogP contribution < -0.4 is 4.90 Å². The number of thiazole rings is 1. The highest BCUT2D eigenvalue weighted by Crippen LogP contribution is 2.32. The Morgan fingerprint density at radius 2 is 1.72 bits per heavy atom. The highest BCUT2D eigenvalue weighted by atomic mass is 32.1. The van der Waals surface area contributed by atoms with Gasteiger partial charge in [-0.2, -0.15) is 0 Å². The van der Waals surface area contributed by atoms with Gasteiger partial charge in [-0.05, 0) is 54.2 Å². The van der Waals surface area contributed by atoms with Crippen molar-refractivity contribution >= 4 is 32.6 Å². The summed E-state index contributed by atoms with van der Waals surface area (Å²) in [4.78, 5) is 22.9. The predicted octanol–water partition coefficient (Wildman–Crippen LogP) is 5.88. The standard InChI is InChI=1S/C30H33N3O2S/c1-22-19-23(2)29-27(20-22)31-30(36-29)33(14-6-13-32-15-17-35-18-16-32)28(34)21-24-9-11-26(12-10-24)25-7-4-3-5-8-25/h3-5,7-12,19-20H,6,13-18,21H2,1-2H3. The third-order valence-corrected chi connectivity index (χ3v) is 7.95. The SMILES string of the molecule is Cc1cc(C)c2sc(N(CCCN3CCOCC3)C(=O)Cc3ccc(-c4ccccc4)cc3)nc2c1. The molecule has 1 aliphatic heterocycles. The Hall–Kier alpha value is -3.06. The Labute approximate surface area is 217 Å². The van der Waals surface area contributed by atoms with Crippen molar-refractivity contribution in [2.75, 3.05) is 44.3 Å². The van der Waals surface area contributed by atoms with Gasteiger partial charge in [-0.1, -0.05) is 72.0 Å². The number of anilines is 1. The molecule has 1 aromatic heterocycles. The molecule has 36 heavy (non-hydrogen) atoms. The normalized spacial score (nSPS) is 14.3. The lowest BCUT2D eigenvalue weighted by atomic mass is 10.0. The zero-order valence-electron chi connectivity index (χ0n) is 21.1. The van der Waals surface area contributed by atoms with Crippen LogP contribution in [-0.2, 0) is 16.0 Å². The fourth-order valence-corrected chi connectivity index (χ4v) is 5.86. The number of aryl methyl sites for hydroxylation is 2. The van der Waals surface area contributed by atoms with Crippen LogP contribution in [0.4, 0.5) is 5.13 Å². The summed E-state index contributed by atoms with van der Waals surface area (Å²) in [6.07, 6.45) is 1.27. The summed E-state index contributed by atoms with van der Waals surface area (Å²) in [5.41, 5.74) is 6.75. The second kappa shape index (κ2) is 11.3. The smallest absolute Gasteiger partial charge is 0.233 e. The fraction of sp³-hybridized carbons (Fsp3) is 0.333. The lowest BCUT2D eigenvalue weighted by molar-refractivity contribution is -0.118. The molecule has 5 nitrogen and oxygen atoms in total. The van der Waals surface area contributed by atoms with Gasteiger partial charge in [-0.25, -0.2) is 4.98 Å². The van der Waals surface area contributed by atoms with E-state index in [0.29, 0.717) is 13.0 Å². The van der Waals surface area contributed by atoms with E-state index in [4.69, 9.17) is 9.72 Å². The first kappa shape index (κ1) is 24.6. The predicted molar refractivity (Wildman–Crippen MR) is 149 cm³/mol. The molecule has 1 amide bonds. The van der Waals surface area contributed by atoms with Crippen LogP contribution in [0.3, 0.4) is 0 Å². The van der Waals surface area contributed by atoms with Gasteiger partial charge in [-0.3, -0.25) is 14.6 Å². The average Bonchev–Trinajstić information content (AvgIpc) is 3.32. The fourth-order valence-electron chi connectivity index (χ4n) is 4.80. The van der Waals surface area contributed by atoms with Gasteiger partial charge in [0.15, 0.2) is 5.13 Å². The number of hydrogen-bond donors (Lipinski definition) is 0. The zero-order chi connectivity index (χ0) is 24.9. The first-order valence-electron chi connectivity index (χ1n) is 12.7. The van der Waals surface area contributed by atoms with Gasteiger partial charge in [0, 0.05) is 26.2 Å². The van der Waals surface area contributed by atoms with Crippen LogP contribution in [0, 0.1) is 13.8 Å². The van der Waals surface area contributed by atoms with Crippen molar-refractivity contribution in [1.29, 1.82) is 0 Å². The monoisotopic (exact) mass is 499 g/mol. The van der Waals surface area contributed by atoms with Crippen LogP contribution in [0.2, 0.25) is 0 Å². The quantitative estimate of drug-likeness (QED) is 0.304. The van der Waals surface area contributed by atoms with Gasteiger partial charge in [-0.15, -0.1) is 0 Å². The molecule has 0 bridgehead atoms. The summed E-state index contributed by atoms with van der Waals surface area (Å²) in [5, 5.41) is 0.798. The molecule has 0 aliphatic carbocycles. The summed E-state index contributed by atoms with van der Waals surface area (Å²) >= 11 is 1.63. The number of ether oxygens (including phenoxy) is 1. The molecule has 5 rings (SSSR count). The number of aromatic nitrogens is 1. The van der Waals surface area contributed by atoms with Crippen molar-refractivity contribution in [2.45, 2.75) is 26.7 Å². The van der Waals surface area contributed by atoms with Gasteiger partial charge in [0.1, 0.15) is 0 Å². The highest BCUT2D eigenvalue weighted by Gasteiger charge is 2.21. The topological polar surface area (TPSA) is 45.7 Å². The Kier molecular flexibility index (Phi) is 7.75. The van der Waals surface area contributed by atoms with E-state index in [1.807, 2.05) is 23.1 Å². The van der Waals surface area contributed by atoms with E-state index in [0.717, 1.165) is 65.7 Å². The van der Waals surface area contributed by atoms with Crippen molar-refractivity contribution in [1.82, 2.24) is 9.88 Å². The maximum absolute atomic E-state index is 13.6. The van der Waals surface area contributed by atoms with E-state index in [9.17, 15) is 4.79 Å². The third kappa shape index (κ3) is 5.84. The van der Waals surface area contributed by atoms with Crippen molar-refractivity contribution in [3.8, 4) is 11.1 Å². The molecule has 0 unspecified atom stereocenters. The average molecular weight is 500 g/mol. The molecular weight excluding hydrogens is 466 g/mol. The molecule has 4 aromatic rings. The van der Waals surface area contributed by atoms with Gasteiger partial charge in [0.05, 0.1) is 29.9 Å². The second-order valence-corrected chi connectivity index (χ2v) is 10.5. The summed E-state index contributed by atoms with van der Waals surface area (Å²) in [6.45, 7) is 9.34. The van der Waals surface area contributed by atoms with Crippen molar-refractivity contribution in [2.24, 2.45) is 0 Å². The molecule has 0 N–H and O–H groups in total. The number of amides is 1. The number of rotatable bonds is 8. The van der Waals surface area contributed by atoms with E-state index in [-0.39, 0.29) is 5.91 Å².